The minimum atomic E-state index is 0.355. The zero-order chi connectivity index (χ0) is 14.8. The molecule has 0 aromatic heterocycles. The molecule has 0 fully saturated rings. The Balaban J connectivity index is 1.95. The van der Waals surface area contributed by atoms with Crippen LogP contribution < -0.4 is 10.6 Å². The average molecular weight is 345 g/mol. The molecular weight excluding hydrogens is 324 g/mol. The van der Waals surface area contributed by atoms with Crippen molar-refractivity contribution in [3.63, 3.8) is 0 Å². The highest BCUT2D eigenvalue weighted by Crippen LogP contribution is 2.33. The van der Waals surface area contributed by atoms with Gasteiger partial charge in [0, 0.05) is 11.0 Å². The van der Waals surface area contributed by atoms with Crippen molar-refractivity contribution in [1.29, 1.82) is 0 Å². The van der Waals surface area contributed by atoms with Crippen molar-refractivity contribution in [1.82, 2.24) is 5.32 Å². The first kappa shape index (κ1) is 14.6. The topological polar surface area (TPSA) is 24.1 Å². The molecule has 0 radical (unpaired) electrons. The second kappa shape index (κ2) is 6.20. The number of rotatable bonds is 2. The third kappa shape index (κ3) is 3.14. The quantitative estimate of drug-likeness (QED) is 0.824. The molecule has 1 aliphatic rings. The zero-order valence-corrected chi connectivity index (χ0v) is 14.1. The molecule has 0 amide bonds. The number of nitrogens with one attached hydrogen (secondary N) is 2. The number of anilines is 1. The Morgan fingerprint density at radius 2 is 2.00 bits per heavy atom. The van der Waals surface area contributed by atoms with E-state index in [1.807, 2.05) is 0 Å². The van der Waals surface area contributed by atoms with E-state index in [1.54, 1.807) is 0 Å². The van der Waals surface area contributed by atoms with Crippen molar-refractivity contribution in [3.05, 3.63) is 63.1 Å². The van der Waals surface area contributed by atoms with E-state index in [1.165, 1.54) is 27.9 Å². The lowest BCUT2D eigenvalue weighted by molar-refractivity contribution is 0.636. The van der Waals surface area contributed by atoms with Crippen LogP contribution in [-0.4, -0.2) is 6.54 Å². The summed E-state index contributed by atoms with van der Waals surface area (Å²) in [5.41, 5.74) is 6.59. The Labute approximate surface area is 135 Å². The summed E-state index contributed by atoms with van der Waals surface area (Å²) in [7, 11) is 0. The summed E-state index contributed by atoms with van der Waals surface area (Å²) < 4.78 is 1.15. The number of benzene rings is 2. The lowest BCUT2D eigenvalue weighted by Gasteiger charge is -2.23. The third-order valence-electron chi connectivity index (χ3n) is 4.11. The predicted octanol–water partition coefficient (Wildman–Crippen LogP) is 4.71. The fraction of sp³-hybridized carbons (Fsp3) is 0.333. The number of halogens is 1. The summed E-state index contributed by atoms with van der Waals surface area (Å²) >= 11 is 3.71. The van der Waals surface area contributed by atoms with Crippen LogP contribution in [0, 0.1) is 13.8 Å². The van der Waals surface area contributed by atoms with Crippen LogP contribution in [0.4, 0.5) is 5.69 Å². The fourth-order valence-electron chi connectivity index (χ4n) is 3.08. The summed E-state index contributed by atoms with van der Waals surface area (Å²) in [5.74, 6) is 0. The molecule has 3 heteroatoms. The van der Waals surface area contributed by atoms with Gasteiger partial charge in [-0.05, 0) is 71.1 Å². The second-order valence-corrected chi connectivity index (χ2v) is 6.65. The first-order valence-corrected chi connectivity index (χ1v) is 8.26. The van der Waals surface area contributed by atoms with Gasteiger partial charge >= 0.3 is 0 Å². The van der Waals surface area contributed by atoms with E-state index in [0.29, 0.717) is 6.04 Å². The van der Waals surface area contributed by atoms with Gasteiger partial charge in [0.1, 0.15) is 0 Å². The number of fused-ring (bicyclic) bond motifs is 1. The number of hydrogen-bond acceptors (Lipinski definition) is 2. The van der Waals surface area contributed by atoms with Gasteiger partial charge in [0.15, 0.2) is 0 Å². The van der Waals surface area contributed by atoms with Crippen LogP contribution in [0.2, 0.25) is 0 Å². The third-order valence-corrected chi connectivity index (χ3v) is 4.73. The van der Waals surface area contributed by atoms with Gasteiger partial charge in [0.2, 0.25) is 0 Å². The largest absolute Gasteiger partial charge is 0.377 e. The molecule has 0 bridgehead atoms. The molecule has 0 aliphatic carbocycles. The Hall–Kier alpha value is -1.32. The average Bonchev–Trinajstić information content (AvgIpc) is 2.65. The molecular formula is C18H21BrN2. The standard InChI is InChI=1S/C18H21BrN2/c1-12-9-13(2)18(16(19)10-12)21-17-7-8-20-11-14-5-3-4-6-15(14)17/h3-6,9-10,17,20-21H,7-8,11H2,1-2H3. The highest BCUT2D eigenvalue weighted by atomic mass is 79.9. The molecule has 1 unspecified atom stereocenters. The molecule has 2 nitrogen and oxygen atoms in total. The highest BCUT2D eigenvalue weighted by molar-refractivity contribution is 9.10. The van der Waals surface area contributed by atoms with Gasteiger partial charge in [-0.2, -0.15) is 0 Å². The normalized spacial score (nSPS) is 18.0. The predicted molar refractivity (Wildman–Crippen MR) is 92.7 cm³/mol. The summed E-state index contributed by atoms with van der Waals surface area (Å²) in [6.45, 7) is 6.30. The summed E-state index contributed by atoms with van der Waals surface area (Å²) in [6, 6.07) is 13.5. The number of aryl methyl sites for hydroxylation is 2. The van der Waals surface area contributed by atoms with Crippen molar-refractivity contribution in [2.75, 3.05) is 11.9 Å². The summed E-state index contributed by atoms with van der Waals surface area (Å²) in [6.07, 6.45) is 1.09. The van der Waals surface area contributed by atoms with E-state index in [2.05, 4.69) is 76.8 Å². The lowest BCUT2D eigenvalue weighted by atomic mass is 9.98. The monoisotopic (exact) mass is 344 g/mol. The van der Waals surface area contributed by atoms with Gasteiger partial charge in [-0.3, -0.25) is 0 Å². The molecule has 2 N–H and O–H groups in total. The molecule has 110 valence electrons. The van der Waals surface area contributed by atoms with Gasteiger partial charge in [-0.1, -0.05) is 30.3 Å². The molecule has 1 aliphatic heterocycles. The van der Waals surface area contributed by atoms with Crippen LogP contribution in [0.1, 0.15) is 34.7 Å². The molecule has 0 spiro atoms. The minimum absolute atomic E-state index is 0.355. The Bertz CT molecular complexity index is 628. The van der Waals surface area contributed by atoms with Gasteiger partial charge in [-0.15, -0.1) is 0 Å². The van der Waals surface area contributed by atoms with Gasteiger partial charge in [0.05, 0.1) is 11.7 Å². The van der Waals surface area contributed by atoms with E-state index >= 15 is 0 Å². The van der Waals surface area contributed by atoms with Gasteiger partial charge in [-0.25, -0.2) is 0 Å². The van der Waals surface area contributed by atoms with Crippen molar-refractivity contribution in [2.24, 2.45) is 0 Å². The zero-order valence-electron chi connectivity index (χ0n) is 12.5. The van der Waals surface area contributed by atoms with Crippen LogP contribution in [-0.2, 0) is 6.54 Å². The smallest absolute Gasteiger partial charge is 0.0529 e. The fourth-order valence-corrected chi connectivity index (χ4v) is 3.87. The molecule has 2 aromatic carbocycles. The molecule has 21 heavy (non-hydrogen) atoms. The van der Waals surface area contributed by atoms with Crippen molar-refractivity contribution in [2.45, 2.75) is 32.9 Å². The van der Waals surface area contributed by atoms with Crippen molar-refractivity contribution >= 4 is 21.6 Å². The second-order valence-electron chi connectivity index (χ2n) is 5.80. The maximum Gasteiger partial charge on any atom is 0.0529 e. The first-order chi connectivity index (χ1) is 10.1. The van der Waals surface area contributed by atoms with Crippen molar-refractivity contribution in [3.8, 4) is 0 Å². The molecule has 3 rings (SSSR count). The van der Waals surface area contributed by atoms with Gasteiger partial charge in [0.25, 0.3) is 0 Å². The Morgan fingerprint density at radius 3 is 2.81 bits per heavy atom. The van der Waals surface area contributed by atoms with E-state index in [-0.39, 0.29) is 0 Å². The van der Waals surface area contributed by atoms with Gasteiger partial charge < -0.3 is 10.6 Å². The maximum absolute atomic E-state index is 3.75. The summed E-state index contributed by atoms with van der Waals surface area (Å²) in [5, 5.41) is 7.26. The van der Waals surface area contributed by atoms with E-state index in [9.17, 15) is 0 Å². The SMILES string of the molecule is Cc1cc(C)c(NC2CCNCc3ccccc32)c(Br)c1. The molecule has 2 aromatic rings. The Morgan fingerprint density at radius 1 is 1.19 bits per heavy atom. The molecule has 1 atom stereocenters. The summed E-state index contributed by atoms with van der Waals surface area (Å²) in [4.78, 5) is 0. The highest BCUT2D eigenvalue weighted by Gasteiger charge is 2.19. The molecule has 0 saturated heterocycles. The van der Waals surface area contributed by atoms with E-state index < -0.39 is 0 Å². The van der Waals surface area contributed by atoms with E-state index in [0.717, 1.165) is 24.0 Å². The van der Waals surface area contributed by atoms with E-state index in [4.69, 9.17) is 0 Å². The molecule has 1 heterocycles. The minimum Gasteiger partial charge on any atom is -0.377 e. The maximum atomic E-state index is 3.75. The lowest BCUT2D eigenvalue weighted by Crippen LogP contribution is -2.16. The number of hydrogen-bond donors (Lipinski definition) is 2. The van der Waals surface area contributed by atoms with Crippen LogP contribution in [0.25, 0.3) is 0 Å². The van der Waals surface area contributed by atoms with Crippen molar-refractivity contribution < 1.29 is 0 Å². The van der Waals surface area contributed by atoms with Crippen LogP contribution in [0.15, 0.2) is 40.9 Å². The van der Waals surface area contributed by atoms with Crippen LogP contribution in [0.5, 0.6) is 0 Å². The Kier molecular flexibility index (Phi) is 4.32. The molecule has 0 saturated carbocycles. The van der Waals surface area contributed by atoms with Crippen LogP contribution >= 0.6 is 15.9 Å². The first-order valence-electron chi connectivity index (χ1n) is 7.47. The van der Waals surface area contributed by atoms with Crippen LogP contribution in [0.3, 0.4) is 0 Å².